The van der Waals surface area contributed by atoms with E-state index in [1.807, 2.05) is 6.92 Å². The van der Waals surface area contributed by atoms with E-state index in [0.29, 0.717) is 0 Å². The first-order chi connectivity index (χ1) is 12.5. The van der Waals surface area contributed by atoms with Crippen molar-refractivity contribution in [1.82, 2.24) is 10.3 Å². The summed E-state index contributed by atoms with van der Waals surface area (Å²) in [5.41, 5.74) is 4.10. The number of rotatable bonds is 5. The van der Waals surface area contributed by atoms with Gasteiger partial charge in [-0.2, -0.15) is 0 Å². The molecule has 2 aromatic rings. The lowest BCUT2D eigenvalue weighted by atomic mass is 9.89. The molecule has 1 aromatic carbocycles. The lowest BCUT2D eigenvalue weighted by Crippen LogP contribution is -2.31. The molecular weight excluding hydrogens is 352 g/mol. The van der Waals surface area contributed by atoms with Gasteiger partial charge in [0.05, 0.1) is 11.6 Å². The standard InChI is InChI=1S/C20H21ClN2O3/c1-13(15-7-6-14-4-2-3-5-16(14)10-15)23-19(24)12-26-20(25)17-8-9-18(21)22-11-17/h6-11,13H,2-5,12H2,1H3,(H,23,24)/t13-/m1/s1. The van der Waals surface area contributed by atoms with Crippen LogP contribution in [0.25, 0.3) is 0 Å². The normalized spacial score (nSPS) is 14.2. The molecule has 3 rings (SSSR count). The highest BCUT2D eigenvalue weighted by molar-refractivity contribution is 6.29. The van der Waals surface area contributed by atoms with Crippen LogP contribution in [0, 0.1) is 0 Å². The maximum Gasteiger partial charge on any atom is 0.340 e. The molecule has 5 nitrogen and oxygen atoms in total. The van der Waals surface area contributed by atoms with Crippen LogP contribution < -0.4 is 5.32 Å². The Morgan fingerprint density at radius 1 is 1.19 bits per heavy atom. The van der Waals surface area contributed by atoms with E-state index in [1.165, 1.54) is 42.3 Å². The average Bonchev–Trinajstić information content (AvgIpc) is 2.66. The number of esters is 1. The van der Waals surface area contributed by atoms with E-state index in [-0.39, 0.29) is 29.3 Å². The summed E-state index contributed by atoms with van der Waals surface area (Å²) >= 11 is 5.68. The molecule has 26 heavy (non-hydrogen) atoms. The summed E-state index contributed by atoms with van der Waals surface area (Å²) in [6, 6.07) is 9.23. The highest BCUT2D eigenvalue weighted by Gasteiger charge is 2.15. The van der Waals surface area contributed by atoms with Crippen molar-refractivity contribution in [3.05, 3.63) is 63.9 Å². The van der Waals surface area contributed by atoms with Gasteiger partial charge in [-0.3, -0.25) is 4.79 Å². The topological polar surface area (TPSA) is 68.3 Å². The third-order valence-corrected chi connectivity index (χ3v) is 4.77. The van der Waals surface area contributed by atoms with Crippen molar-refractivity contribution in [2.75, 3.05) is 6.61 Å². The zero-order chi connectivity index (χ0) is 18.5. The molecule has 1 heterocycles. The molecule has 0 fully saturated rings. The average molecular weight is 373 g/mol. The Morgan fingerprint density at radius 2 is 1.96 bits per heavy atom. The molecule has 0 aliphatic heterocycles. The Kier molecular flexibility index (Phi) is 5.89. The monoisotopic (exact) mass is 372 g/mol. The van der Waals surface area contributed by atoms with E-state index in [1.54, 1.807) is 0 Å². The molecule has 1 amide bonds. The molecule has 1 aromatic heterocycles. The van der Waals surface area contributed by atoms with Crippen LogP contribution in [0.4, 0.5) is 0 Å². The molecule has 1 N–H and O–H groups in total. The molecule has 0 radical (unpaired) electrons. The summed E-state index contributed by atoms with van der Waals surface area (Å²) in [7, 11) is 0. The van der Waals surface area contributed by atoms with Gasteiger partial charge in [-0.05, 0) is 61.4 Å². The second-order valence-corrected chi connectivity index (χ2v) is 6.86. The highest BCUT2D eigenvalue weighted by Crippen LogP contribution is 2.24. The van der Waals surface area contributed by atoms with Gasteiger partial charge in [-0.15, -0.1) is 0 Å². The third kappa shape index (κ3) is 4.61. The predicted octanol–water partition coefficient (Wildman–Crippen LogP) is 3.65. The first kappa shape index (κ1) is 18.4. The lowest BCUT2D eigenvalue weighted by Gasteiger charge is -2.20. The SMILES string of the molecule is C[C@@H](NC(=O)COC(=O)c1ccc(Cl)nc1)c1ccc2c(c1)CCCC2. The number of hydrogen-bond donors (Lipinski definition) is 1. The Hall–Kier alpha value is -2.40. The van der Waals surface area contributed by atoms with Crippen molar-refractivity contribution in [3.8, 4) is 0 Å². The number of carbonyl (C=O) groups excluding carboxylic acids is 2. The van der Waals surface area contributed by atoms with Gasteiger partial charge in [-0.1, -0.05) is 29.8 Å². The Balaban J connectivity index is 1.52. The van der Waals surface area contributed by atoms with Crippen LogP contribution in [-0.2, 0) is 22.4 Å². The minimum atomic E-state index is -0.606. The molecule has 0 saturated heterocycles. The molecule has 0 spiro atoms. The summed E-state index contributed by atoms with van der Waals surface area (Å²) < 4.78 is 5.02. The number of nitrogens with one attached hydrogen (secondary N) is 1. The van der Waals surface area contributed by atoms with Crippen molar-refractivity contribution in [2.24, 2.45) is 0 Å². The highest BCUT2D eigenvalue weighted by atomic mass is 35.5. The Bertz CT molecular complexity index is 805. The summed E-state index contributed by atoms with van der Waals surface area (Å²) in [6.45, 7) is 1.59. The first-order valence-corrected chi connectivity index (χ1v) is 9.10. The first-order valence-electron chi connectivity index (χ1n) is 8.72. The van der Waals surface area contributed by atoms with Gasteiger partial charge < -0.3 is 10.1 Å². The second-order valence-electron chi connectivity index (χ2n) is 6.47. The number of fused-ring (bicyclic) bond motifs is 1. The fourth-order valence-corrected chi connectivity index (χ4v) is 3.21. The summed E-state index contributed by atoms with van der Waals surface area (Å²) in [4.78, 5) is 27.8. The number of ether oxygens (including phenoxy) is 1. The number of hydrogen-bond acceptors (Lipinski definition) is 4. The number of aromatic nitrogens is 1. The van der Waals surface area contributed by atoms with Crippen molar-refractivity contribution in [1.29, 1.82) is 0 Å². The largest absolute Gasteiger partial charge is 0.452 e. The zero-order valence-corrected chi connectivity index (χ0v) is 15.4. The van der Waals surface area contributed by atoms with Gasteiger partial charge >= 0.3 is 5.97 Å². The lowest BCUT2D eigenvalue weighted by molar-refractivity contribution is -0.124. The van der Waals surface area contributed by atoms with E-state index in [0.717, 1.165) is 18.4 Å². The van der Waals surface area contributed by atoms with Crippen LogP contribution >= 0.6 is 11.6 Å². The number of pyridine rings is 1. The number of carbonyl (C=O) groups is 2. The van der Waals surface area contributed by atoms with Crippen LogP contribution in [0.1, 0.15) is 52.9 Å². The molecule has 0 saturated carbocycles. The molecule has 6 heteroatoms. The number of halogens is 1. The molecule has 0 bridgehead atoms. The van der Waals surface area contributed by atoms with Gasteiger partial charge in [0.2, 0.25) is 0 Å². The molecule has 1 aliphatic carbocycles. The van der Waals surface area contributed by atoms with Crippen molar-refractivity contribution in [3.63, 3.8) is 0 Å². The minimum absolute atomic E-state index is 0.148. The smallest absolute Gasteiger partial charge is 0.340 e. The Labute approximate surface area is 157 Å². The number of benzene rings is 1. The molecular formula is C20H21ClN2O3. The van der Waals surface area contributed by atoms with Gasteiger partial charge in [0, 0.05) is 6.20 Å². The molecule has 1 aliphatic rings. The Morgan fingerprint density at radius 3 is 2.69 bits per heavy atom. The van der Waals surface area contributed by atoms with Crippen molar-refractivity contribution < 1.29 is 14.3 Å². The van der Waals surface area contributed by atoms with E-state index < -0.39 is 5.97 Å². The zero-order valence-electron chi connectivity index (χ0n) is 14.6. The van der Waals surface area contributed by atoms with Crippen LogP contribution in [0.15, 0.2) is 36.5 Å². The molecule has 0 unspecified atom stereocenters. The molecule has 1 atom stereocenters. The quantitative estimate of drug-likeness (QED) is 0.642. The third-order valence-electron chi connectivity index (χ3n) is 4.55. The van der Waals surface area contributed by atoms with Crippen molar-refractivity contribution >= 4 is 23.5 Å². The number of aryl methyl sites for hydroxylation is 2. The summed E-state index contributed by atoms with van der Waals surface area (Å²) in [6.07, 6.45) is 6.00. The number of amides is 1. The molecule has 136 valence electrons. The maximum absolute atomic E-state index is 12.1. The van der Waals surface area contributed by atoms with Crippen LogP contribution in [0.3, 0.4) is 0 Å². The fraction of sp³-hybridized carbons (Fsp3) is 0.350. The van der Waals surface area contributed by atoms with Gasteiger partial charge in [0.15, 0.2) is 6.61 Å². The van der Waals surface area contributed by atoms with Crippen LogP contribution in [0.5, 0.6) is 0 Å². The summed E-state index contributed by atoms with van der Waals surface area (Å²) in [5.74, 6) is -0.948. The fourth-order valence-electron chi connectivity index (χ4n) is 3.10. The number of nitrogens with zero attached hydrogens (tertiary/aromatic N) is 1. The van der Waals surface area contributed by atoms with E-state index in [4.69, 9.17) is 16.3 Å². The van der Waals surface area contributed by atoms with Gasteiger partial charge in [-0.25, -0.2) is 9.78 Å². The predicted molar refractivity (Wildman–Crippen MR) is 99.2 cm³/mol. The van der Waals surface area contributed by atoms with Gasteiger partial charge in [0.1, 0.15) is 5.15 Å². The van der Waals surface area contributed by atoms with E-state index in [9.17, 15) is 9.59 Å². The maximum atomic E-state index is 12.1. The summed E-state index contributed by atoms with van der Waals surface area (Å²) in [5, 5.41) is 3.16. The van der Waals surface area contributed by atoms with Crippen LogP contribution in [0.2, 0.25) is 5.15 Å². The van der Waals surface area contributed by atoms with E-state index >= 15 is 0 Å². The second kappa shape index (κ2) is 8.32. The van der Waals surface area contributed by atoms with Crippen molar-refractivity contribution in [2.45, 2.75) is 38.6 Å². The van der Waals surface area contributed by atoms with Crippen LogP contribution in [-0.4, -0.2) is 23.5 Å². The minimum Gasteiger partial charge on any atom is -0.452 e. The van der Waals surface area contributed by atoms with E-state index in [2.05, 4.69) is 28.5 Å². The van der Waals surface area contributed by atoms with Gasteiger partial charge in [0.25, 0.3) is 5.91 Å².